The maximum Gasteiger partial charge on any atom is 0.131 e. The molecule has 0 radical (unpaired) electrons. The fraction of sp³-hybridized carbons (Fsp3) is 0.812. The zero-order chi connectivity index (χ0) is 15.6. The van der Waals surface area contributed by atoms with Crippen LogP contribution in [0.25, 0.3) is 0 Å². The smallest absolute Gasteiger partial charge is 0.131 e. The van der Waals surface area contributed by atoms with Gasteiger partial charge in [0.1, 0.15) is 5.15 Å². The third-order valence-corrected chi connectivity index (χ3v) is 4.65. The van der Waals surface area contributed by atoms with Crippen molar-refractivity contribution in [2.75, 3.05) is 19.6 Å². The van der Waals surface area contributed by atoms with Crippen LogP contribution < -0.4 is 5.32 Å². The zero-order valence-electron chi connectivity index (χ0n) is 14.0. The van der Waals surface area contributed by atoms with Crippen LogP contribution in [-0.2, 0) is 13.6 Å². The first-order valence-electron chi connectivity index (χ1n) is 7.91. The number of rotatable bonds is 4. The summed E-state index contributed by atoms with van der Waals surface area (Å²) in [5, 5.41) is 8.82. The molecule has 1 aromatic rings. The molecule has 21 heavy (non-hydrogen) atoms. The number of nitrogens with one attached hydrogen (secondary N) is 1. The first-order chi connectivity index (χ1) is 9.76. The van der Waals surface area contributed by atoms with E-state index in [1.165, 1.54) is 18.4 Å². The van der Waals surface area contributed by atoms with E-state index in [2.05, 4.69) is 36.1 Å². The fourth-order valence-electron chi connectivity index (χ4n) is 2.99. The molecule has 0 aliphatic carbocycles. The molecule has 0 aromatic carbocycles. The monoisotopic (exact) mass is 312 g/mol. The molecule has 5 heteroatoms. The summed E-state index contributed by atoms with van der Waals surface area (Å²) in [7, 11) is 1.91. The number of likely N-dealkylation sites (tertiary alicyclic amines) is 1. The SMILES string of the molecule is Cc1nn(C)c(Cl)c1CN1CCCC(CNC(C)(C)C)C1. The highest BCUT2D eigenvalue weighted by molar-refractivity contribution is 6.30. The molecule has 1 N–H and O–H groups in total. The average molecular weight is 313 g/mol. The van der Waals surface area contributed by atoms with Crippen LogP contribution in [0.5, 0.6) is 0 Å². The number of aryl methyl sites for hydroxylation is 2. The molecule has 1 saturated heterocycles. The summed E-state index contributed by atoms with van der Waals surface area (Å²) in [5.41, 5.74) is 2.44. The predicted molar refractivity (Wildman–Crippen MR) is 88.7 cm³/mol. The van der Waals surface area contributed by atoms with Gasteiger partial charge in [0, 0.05) is 31.2 Å². The van der Waals surface area contributed by atoms with Gasteiger partial charge >= 0.3 is 0 Å². The molecule has 0 spiro atoms. The first kappa shape index (κ1) is 16.8. The van der Waals surface area contributed by atoms with Crippen LogP contribution in [0.4, 0.5) is 0 Å². The normalized spacial score (nSPS) is 21.0. The van der Waals surface area contributed by atoms with Crippen molar-refractivity contribution < 1.29 is 0 Å². The summed E-state index contributed by atoms with van der Waals surface area (Å²) in [6.07, 6.45) is 2.59. The molecule has 1 aromatic heterocycles. The highest BCUT2D eigenvalue weighted by Crippen LogP contribution is 2.24. The Labute approximate surface area is 133 Å². The lowest BCUT2D eigenvalue weighted by Gasteiger charge is -2.34. The number of halogens is 1. The van der Waals surface area contributed by atoms with Crippen molar-refractivity contribution in [1.82, 2.24) is 20.0 Å². The molecule has 2 rings (SSSR count). The molecule has 1 aliphatic heterocycles. The molecule has 0 saturated carbocycles. The lowest BCUT2D eigenvalue weighted by molar-refractivity contribution is 0.159. The van der Waals surface area contributed by atoms with Gasteiger partial charge < -0.3 is 5.32 Å². The topological polar surface area (TPSA) is 33.1 Å². The van der Waals surface area contributed by atoms with E-state index in [-0.39, 0.29) is 5.54 Å². The van der Waals surface area contributed by atoms with E-state index in [4.69, 9.17) is 11.6 Å². The Balaban J connectivity index is 1.92. The van der Waals surface area contributed by atoms with Crippen molar-refractivity contribution in [3.05, 3.63) is 16.4 Å². The number of hydrogen-bond acceptors (Lipinski definition) is 3. The van der Waals surface area contributed by atoms with Crippen LogP contribution >= 0.6 is 11.6 Å². The molecule has 1 fully saturated rings. The van der Waals surface area contributed by atoms with Crippen molar-refractivity contribution in [2.24, 2.45) is 13.0 Å². The summed E-state index contributed by atoms with van der Waals surface area (Å²) >= 11 is 6.35. The largest absolute Gasteiger partial charge is 0.312 e. The van der Waals surface area contributed by atoms with Crippen molar-refractivity contribution in [3.63, 3.8) is 0 Å². The maximum absolute atomic E-state index is 6.35. The van der Waals surface area contributed by atoms with Crippen LogP contribution in [0, 0.1) is 12.8 Å². The molecule has 1 aliphatic rings. The van der Waals surface area contributed by atoms with Crippen molar-refractivity contribution in [3.8, 4) is 0 Å². The van der Waals surface area contributed by atoms with E-state index < -0.39 is 0 Å². The molecule has 1 unspecified atom stereocenters. The number of piperidine rings is 1. The minimum Gasteiger partial charge on any atom is -0.312 e. The van der Waals surface area contributed by atoms with E-state index >= 15 is 0 Å². The van der Waals surface area contributed by atoms with E-state index in [9.17, 15) is 0 Å². The standard InChI is InChI=1S/C16H29ClN4/c1-12-14(15(17)20(5)19-12)11-21-8-6-7-13(10-21)9-18-16(2,3)4/h13,18H,6-11H2,1-5H3. The minimum atomic E-state index is 0.200. The van der Waals surface area contributed by atoms with Crippen molar-refractivity contribution >= 4 is 11.6 Å². The quantitative estimate of drug-likeness (QED) is 0.928. The lowest BCUT2D eigenvalue weighted by Crippen LogP contribution is -2.44. The van der Waals surface area contributed by atoms with E-state index in [0.717, 1.165) is 42.9 Å². The minimum absolute atomic E-state index is 0.200. The molecule has 4 nitrogen and oxygen atoms in total. The Kier molecular flexibility index (Phi) is 5.33. The summed E-state index contributed by atoms with van der Waals surface area (Å²) in [5.74, 6) is 0.730. The molecule has 0 amide bonds. The van der Waals surface area contributed by atoms with Gasteiger partial charge in [0.05, 0.1) is 5.69 Å². The summed E-state index contributed by atoms with van der Waals surface area (Å²) in [4.78, 5) is 2.52. The van der Waals surface area contributed by atoms with Crippen LogP contribution in [-0.4, -0.2) is 39.9 Å². The van der Waals surface area contributed by atoms with Crippen molar-refractivity contribution in [1.29, 1.82) is 0 Å². The lowest BCUT2D eigenvalue weighted by atomic mass is 9.96. The van der Waals surface area contributed by atoms with Gasteiger partial charge in [0.2, 0.25) is 0 Å². The second-order valence-electron chi connectivity index (χ2n) is 7.35. The number of nitrogens with zero attached hydrogens (tertiary/aromatic N) is 3. The van der Waals surface area contributed by atoms with Crippen LogP contribution in [0.1, 0.15) is 44.9 Å². The third kappa shape index (κ3) is 4.70. The molecular weight excluding hydrogens is 284 g/mol. The van der Waals surface area contributed by atoms with E-state index in [1.807, 2.05) is 14.0 Å². The van der Waals surface area contributed by atoms with Crippen LogP contribution in [0.3, 0.4) is 0 Å². The van der Waals surface area contributed by atoms with Gasteiger partial charge in [-0.1, -0.05) is 11.6 Å². The van der Waals surface area contributed by atoms with Gasteiger partial charge in [0.25, 0.3) is 0 Å². The fourth-order valence-corrected chi connectivity index (χ4v) is 3.22. The van der Waals surface area contributed by atoms with Gasteiger partial charge in [0.15, 0.2) is 0 Å². The highest BCUT2D eigenvalue weighted by Gasteiger charge is 2.23. The van der Waals surface area contributed by atoms with Crippen molar-refractivity contribution in [2.45, 2.75) is 52.6 Å². The zero-order valence-corrected chi connectivity index (χ0v) is 14.8. The Bertz CT molecular complexity index is 475. The Morgan fingerprint density at radius 3 is 2.67 bits per heavy atom. The number of hydrogen-bond donors (Lipinski definition) is 1. The molecule has 1 atom stereocenters. The molecule has 120 valence electrons. The first-order valence-corrected chi connectivity index (χ1v) is 8.29. The van der Waals surface area contributed by atoms with Gasteiger partial charge in [-0.05, 0) is 59.5 Å². The Hall–Kier alpha value is -0.580. The molecular formula is C16H29ClN4. The Morgan fingerprint density at radius 2 is 2.10 bits per heavy atom. The van der Waals surface area contributed by atoms with Crippen LogP contribution in [0.15, 0.2) is 0 Å². The summed E-state index contributed by atoms with van der Waals surface area (Å²) in [6.45, 7) is 13.1. The second kappa shape index (κ2) is 6.67. The van der Waals surface area contributed by atoms with E-state index in [0.29, 0.717) is 0 Å². The number of aromatic nitrogens is 2. The maximum atomic E-state index is 6.35. The van der Waals surface area contributed by atoms with Gasteiger partial charge in [-0.3, -0.25) is 9.58 Å². The van der Waals surface area contributed by atoms with Gasteiger partial charge in [-0.2, -0.15) is 5.10 Å². The predicted octanol–water partition coefficient (Wildman–Crippen LogP) is 2.98. The Morgan fingerprint density at radius 1 is 1.38 bits per heavy atom. The highest BCUT2D eigenvalue weighted by atomic mass is 35.5. The summed E-state index contributed by atoms with van der Waals surface area (Å²) in [6, 6.07) is 0. The van der Waals surface area contributed by atoms with Gasteiger partial charge in [-0.25, -0.2) is 0 Å². The molecule has 0 bridgehead atoms. The van der Waals surface area contributed by atoms with Crippen LogP contribution in [0.2, 0.25) is 5.15 Å². The molecule has 2 heterocycles. The third-order valence-electron chi connectivity index (χ3n) is 4.18. The van der Waals surface area contributed by atoms with E-state index in [1.54, 1.807) is 4.68 Å². The average Bonchev–Trinajstić information content (AvgIpc) is 2.63. The summed E-state index contributed by atoms with van der Waals surface area (Å²) < 4.78 is 1.77. The second-order valence-corrected chi connectivity index (χ2v) is 7.71. The van der Waals surface area contributed by atoms with Gasteiger partial charge in [-0.15, -0.1) is 0 Å².